The van der Waals surface area contributed by atoms with Crippen LogP contribution in [0.1, 0.15) is 12.0 Å². The van der Waals surface area contributed by atoms with Crippen LogP contribution in [0.15, 0.2) is 79.3 Å². The number of carbonyl (C=O) groups excluding carboxylic acids is 1. The number of benzene rings is 2. The summed E-state index contributed by atoms with van der Waals surface area (Å²) in [6, 6.07) is 16.3. The molecular weight excluding hydrogens is 410 g/mol. The quantitative estimate of drug-likeness (QED) is 0.441. The Balaban J connectivity index is 1.44. The fraction of sp³-hybridized carbons (Fsp3) is 0.160. The molecule has 162 valence electrons. The predicted molar refractivity (Wildman–Crippen MR) is 119 cm³/mol. The first-order valence-corrected chi connectivity index (χ1v) is 10.3. The van der Waals surface area contributed by atoms with Crippen LogP contribution in [0.25, 0.3) is 22.4 Å². The van der Waals surface area contributed by atoms with E-state index in [1.165, 1.54) is 24.3 Å². The number of rotatable bonds is 8. The molecule has 1 amide bonds. The first kappa shape index (κ1) is 21.4. The van der Waals surface area contributed by atoms with Gasteiger partial charge in [-0.1, -0.05) is 12.1 Å². The largest absolute Gasteiger partial charge is 0.354 e. The van der Waals surface area contributed by atoms with Gasteiger partial charge in [-0.25, -0.2) is 8.78 Å². The number of hydrogen-bond donors (Lipinski definition) is 1. The van der Waals surface area contributed by atoms with Crippen molar-refractivity contribution in [2.24, 2.45) is 0 Å². The van der Waals surface area contributed by atoms with E-state index in [0.717, 1.165) is 27.9 Å². The second-order valence-corrected chi connectivity index (χ2v) is 7.35. The lowest BCUT2D eigenvalue weighted by Crippen LogP contribution is -2.27. The van der Waals surface area contributed by atoms with Crippen LogP contribution in [-0.2, 0) is 17.8 Å². The maximum absolute atomic E-state index is 13.5. The molecule has 32 heavy (non-hydrogen) atoms. The standard InChI is InChI=1S/C25H22F2N4O/c26-21-7-5-20(6-8-21)25-23(19-10-12-28-13-11-19)17-30-31(25)15-14-29-24(32)9-4-18-2-1-3-22(27)16-18/h1-3,5-8,10-13,16-17H,4,9,14-15H2,(H,29,32). The van der Waals surface area contributed by atoms with E-state index in [1.54, 1.807) is 47.5 Å². The number of pyridine rings is 1. The van der Waals surface area contributed by atoms with Crippen molar-refractivity contribution < 1.29 is 13.6 Å². The fourth-order valence-electron chi connectivity index (χ4n) is 3.55. The highest BCUT2D eigenvalue weighted by molar-refractivity contribution is 5.80. The molecule has 0 aliphatic heterocycles. The first-order chi connectivity index (χ1) is 15.6. The number of halogens is 2. The number of aryl methyl sites for hydroxylation is 1. The third kappa shape index (κ3) is 5.24. The van der Waals surface area contributed by atoms with Crippen molar-refractivity contribution in [3.8, 4) is 22.4 Å². The molecule has 2 aromatic heterocycles. The molecule has 0 aliphatic rings. The van der Waals surface area contributed by atoms with Crippen molar-refractivity contribution in [3.63, 3.8) is 0 Å². The summed E-state index contributed by atoms with van der Waals surface area (Å²) in [7, 11) is 0. The molecule has 2 heterocycles. The van der Waals surface area contributed by atoms with Crippen molar-refractivity contribution in [3.05, 3.63) is 96.5 Å². The summed E-state index contributed by atoms with van der Waals surface area (Å²) in [6.07, 6.45) is 5.92. The summed E-state index contributed by atoms with van der Waals surface area (Å²) < 4.78 is 28.5. The highest BCUT2D eigenvalue weighted by Crippen LogP contribution is 2.31. The van der Waals surface area contributed by atoms with Gasteiger partial charge >= 0.3 is 0 Å². The Morgan fingerprint density at radius 2 is 1.72 bits per heavy atom. The molecule has 7 heteroatoms. The van der Waals surface area contributed by atoms with Crippen molar-refractivity contribution in [2.75, 3.05) is 6.54 Å². The molecule has 1 N–H and O–H groups in total. The molecule has 0 atom stereocenters. The third-order valence-electron chi connectivity index (χ3n) is 5.12. The van der Waals surface area contributed by atoms with Crippen molar-refractivity contribution in [2.45, 2.75) is 19.4 Å². The molecular formula is C25H22F2N4O. The molecule has 5 nitrogen and oxygen atoms in total. The van der Waals surface area contributed by atoms with E-state index in [9.17, 15) is 13.6 Å². The summed E-state index contributed by atoms with van der Waals surface area (Å²) in [5.41, 5.74) is 4.30. The summed E-state index contributed by atoms with van der Waals surface area (Å²) in [5, 5.41) is 7.39. The molecule has 4 aromatic rings. The normalized spacial score (nSPS) is 10.8. The van der Waals surface area contributed by atoms with E-state index in [1.807, 2.05) is 12.1 Å². The zero-order valence-corrected chi connectivity index (χ0v) is 17.3. The maximum atomic E-state index is 13.5. The highest BCUT2D eigenvalue weighted by atomic mass is 19.1. The number of aromatic nitrogens is 3. The number of nitrogens with one attached hydrogen (secondary N) is 1. The Morgan fingerprint density at radius 1 is 0.938 bits per heavy atom. The van der Waals surface area contributed by atoms with Crippen LogP contribution in [0.3, 0.4) is 0 Å². The average Bonchev–Trinajstić information content (AvgIpc) is 3.23. The zero-order chi connectivity index (χ0) is 22.3. The summed E-state index contributed by atoms with van der Waals surface area (Å²) in [5.74, 6) is -0.727. The van der Waals surface area contributed by atoms with Crippen LogP contribution in [0.2, 0.25) is 0 Å². The Hall–Kier alpha value is -3.87. The van der Waals surface area contributed by atoms with E-state index >= 15 is 0 Å². The molecule has 0 saturated heterocycles. The Bertz CT molecular complexity index is 1190. The minimum atomic E-state index is -0.309. The lowest BCUT2D eigenvalue weighted by molar-refractivity contribution is -0.121. The average molecular weight is 432 g/mol. The van der Waals surface area contributed by atoms with E-state index in [0.29, 0.717) is 19.5 Å². The minimum Gasteiger partial charge on any atom is -0.354 e. The van der Waals surface area contributed by atoms with Crippen LogP contribution >= 0.6 is 0 Å². The summed E-state index contributed by atoms with van der Waals surface area (Å²) in [4.78, 5) is 16.3. The first-order valence-electron chi connectivity index (χ1n) is 10.3. The van der Waals surface area contributed by atoms with Gasteiger partial charge in [0.15, 0.2) is 0 Å². The van der Waals surface area contributed by atoms with Gasteiger partial charge in [-0.2, -0.15) is 5.10 Å². The lowest BCUT2D eigenvalue weighted by Gasteiger charge is -2.11. The van der Waals surface area contributed by atoms with Gasteiger partial charge in [-0.05, 0) is 66.1 Å². The minimum absolute atomic E-state index is 0.112. The molecule has 0 radical (unpaired) electrons. The van der Waals surface area contributed by atoms with Crippen molar-refractivity contribution in [1.29, 1.82) is 0 Å². The Morgan fingerprint density at radius 3 is 2.47 bits per heavy atom. The predicted octanol–water partition coefficient (Wildman–Crippen LogP) is 4.64. The smallest absolute Gasteiger partial charge is 0.220 e. The Kier molecular flexibility index (Phi) is 6.65. The van der Waals surface area contributed by atoms with Gasteiger partial charge in [0.1, 0.15) is 11.6 Å². The summed E-state index contributed by atoms with van der Waals surface area (Å²) in [6.45, 7) is 0.830. The van der Waals surface area contributed by atoms with Crippen LogP contribution < -0.4 is 5.32 Å². The van der Waals surface area contributed by atoms with Crippen LogP contribution in [0.4, 0.5) is 8.78 Å². The molecule has 2 aromatic carbocycles. The van der Waals surface area contributed by atoms with Gasteiger partial charge < -0.3 is 5.32 Å². The summed E-state index contributed by atoms with van der Waals surface area (Å²) >= 11 is 0. The number of hydrogen-bond acceptors (Lipinski definition) is 3. The Labute approximate surface area is 184 Å². The molecule has 4 rings (SSSR count). The van der Waals surface area contributed by atoms with Crippen molar-refractivity contribution in [1.82, 2.24) is 20.1 Å². The zero-order valence-electron chi connectivity index (χ0n) is 17.3. The number of nitrogens with zero attached hydrogens (tertiary/aromatic N) is 3. The van der Waals surface area contributed by atoms with Gasteiger partial charge in [-0.3, -0.25) is 14.5 Å². The fourth-order valence-corrected chi connectivity index (χ4v) is 3.55. The van der Waals surface area contributed by atoms with Gasteiger partial charge in [0.2, 0.25) is 5.91 Å². The SMILES string of the molecule is O=C(CCc1cccc(F)c1)NCCn1ncc(-c2ccncc2)c1-c1ccc(F)cc1. The van der Waals surface area contributed by atoms with Crippen molar-refractivity contribution >= 4 is 5.91 Å². The molecule has 0 bridgehead atoms. The van der Waals surface area contributed by atoms with E-state index in [-0.39, 0.29) is 24.0 Å². The van der Waals surface area contributed by atoms with Gasteiger partial charge in [0.25, 0.3) is 0 Å². The maximum Gasteiger partial charge on any atom is 0.220 e. The molecule has 0 saturated carbocycles. The van der Waals surface area contributed by atoms with E-state index < -0.39 is 0 Å². The van der Waals surface area contributed by atoms with Gasteiger partial charge in [0, 0.05) is 36.5 Å². The number of amides is 1. The number of carbonyl (C=O) groups is 1. The van der Waals surface area contributed by atoms with E-state index in [2.05, 4.69) is 15.4 Å². The van der Waals surface area contributed by atoms with E-state index in [4.69, 9.17) is 0 Å². The van der Waals surface area contributed by atoms with Gasteiger partial charge in [0.05, 0.1) is 18.4 Å². The van der Waals surface area contributed by atoms with Crippen LogP contribution in [-0.4, -0.2) is 27.2 Å². The molecule has 0 spiro atoms. The van der Waals surface area contributed by atoms with Crippen LogP contribution in [0, 0.1) is 11.6 Å². The second kappa shape index (κ2) is 9.96. The monoisotopic (exact) mass is 432 g/mol. The third-order valence-corrected chi connectivity index (χ3v) is 5.12. The molecule has 0 fully saturated rings. The topological polar surface area (TPSA) is 59.8 Å². The lowest BCUT2D eigenvalue weighted by atomic mass is 10.0. The molecule has 0 aliphatic carbocycles. The van der Waals surface area contributed by atoms with Gasteiger partial charge in [-0.15, -0.1) is 0 Å². The van der Waals surface area contributed by atoms with Crippen LogP contribution in [0.5, 0.6) is 0 Å². The molecule has 0 unspecified atom stereocenters. The highest BCUT2D eigenvalue weighted by Gasteiger charge is 2.15. The second-order valence-electron chi connectivity index (χ2n) is 7.35.